The molecule has 17 heavy (non-hydrogen) atoms. The number of aromatic amines is 1. The minimum atomic E-state index is -0.141. The number of aromatic nitrogens is 2. The number of rotatable bonds is 2. The van der Waals surface area contributed by atoms with Gasteiger partial charge in [0.25, 0.3) is 0 Å². The van der Waals surface area contributed by atoms with Crippen LogP contribution in [0.25, 0.3) is 0 Å². The number of H-pyrrole nitrogens is 1. The van der Waals surface area contributed by atoms with Crippen LogP contribution < -0.4 is 0 Å². The molecule has 1 aromatic heterocycles. The van der Waals surface area contributed by atoms with Crippen molar-refractivity contribution >= 4 is 0 Å². The Labute approximate surface area is 99.9 Å². The molecule has 1 atom stereocenters. The predicted molar refractivity (Wildman–Crippen MR) is 64.4 cm³/mol. The van der Waals surface area contributed by atoms with Crippen LogP contribution in [0.1, 0.15) is 30.2 Å². The zero-order valence-corrected chi connectivity index (χ0v) is 9.83. The second-order valence-electron chi connectivity index (χ2n) is 4.85. The minimum absolute atomic E-state index is 0.0517. The van der Waals surface area contributed by atoms with Crippen molar-refractivity contribution in [2.45, 2.75) is 31.6 Å². The SMILES string of the molecule is CC[C@]1(c2c[nH]cn2)Cc2ccc(F)cc2C1. The summed E-state index contributed by atoms with van der Waals surface area (Å²) in [6.45, 7) is 2.18. The van der Waals surface area contributed by atoms with Crippen molar-refractivity contribution < 1.29 is 4.39 Å². The lowest BCUT2D eigenvalue weighted by atomic mass is 9.79. The molecule has 1 N–H and O–H groups in total. The van der Waals surface area contributed by atoms with E-state index >= 15 is 0 Å². The first-order chi connectivity index (χ1) is 8.23. The maximum absolute atomic E-state index is 13.2. The van der Waals surface area contributed by atoms with Gasteiger partial charge >= 0.3 is 0 Å². The highest BCUT2D eigenvalue weighted by Gasteiger charge is 2.38. The average Bonchev–Trinajstić information content (AvgIpc) is 2.95. The third-order valence-electron chi connectivity index (χ3n) is 3.94. The number of fused-ring (bicyclic) bond motifs is 1. The highest BCUT2D eigenvalue weighted by atomic mass is 19.1. The van der Waals surface area contributed by atoms with Crippen LogP contribution in [0.3, 0.4) is 0 Å². The van der Waals surface area contributed by atoms with Gasteiger partial charge < -0.3 is 4.98 Å². The molecule has 0 saturated heterocycles. The number of imidazole rings is 1. The van der Waals surface area contributed by atoms with Crippen LogP contribution in [0.5, 0.6) is 0 Å². The molecule has 1 aliphatic rings. The first-order valence-corrected chi connectivity index (χ1v) is 6.00. The summed E-state index contributed by atoms with van der Waals surface area (Å²) in [6.07, 6.45) is 6.56. The summed E-state index contributed by atoms with van der Waals surface area (Å²) in [5.74, 6) is -0.141. The minimum Gasteiger partial charge on any atom is -0.351 e. The van der Waals surface area contributed by atoms with Gasteiger partial charge in [0.15, 0.2) is 0 Å². The van der Waals surface area contributed by atoms with Gasteiger partial charge in [-0.2, -0.15) is 0 Å². The van der Waals surface area contributed by atoms with Gasteiger partial charge in [0.05, 0.1) is 12.0 Å². The molecule has 0 fully saturated rings. The molecule has 0 aliphatic heterocycles. The first-order valence-electron chi connectivity index (χ1n) is 6.00. The molecule has 0 amide bonds. The molecule has 88 valence electrons. The molecule has 0 unspecified atom stereocenters. The third kappa shape index (κ3) is 1.57. The third-order valence-corrected chi connectivity index (χ3v) is 3.94. The molecule has 1 aliphatic carbocycles. The zero-order valence-electron chi connectivity index (χ0n) is 9.83. The van der Waals surface area contributed by atoms with Gasteiger partial charge in [-0.1, -0.05) is 13.0 Å². The zero-order chi connectivity index (χ0) is 11.9. The summed E-state index contributed by atoms with van der Waals surface area (Å²) in [7, 11) is 0. The van der Waals surface area contributed by atoms with Gasteiger partial charge in [-0.25, -0.2) is 9.37 Å². The largest absolute Gasteiger partial charge is 0.351 e. The summed E-state index contributed by atoms with van der Waals surface area (Å²) in [5.41, 5.74) is 3.54. The van der Waals surface area contributed by atoms with E-state index in [-0.39, 0.29) is 11.2 Å². The van der Waals surface area contributed by atoms with Crippen molar-refractivity contribution in [1.82, 2.24) is 9.97 Å². The Morgan fingerprint density at radius 2 is 2.18 bits per heavy atom. The standard InChI is InChI=1S/C14H15FN2/c1-2-14(13-8-16-9-17-13)6-10-3-4-12(15)5-11(10)7-14/h3-5,8-9H,2,6-7H2,1H3,(H,16,17)/t14-/m0/s1. The number of benzene rings is 1. The molecule has 3 rings (SSSR count). The Kier molecular flexibility index (Phi) is 2.28. The van der Waals surface area contributed by atoms with Gasteiger partial charge in [0, 0.05) is 11.6 Å². The van der Waals surface area contributed by atoms with Crippen LogP contribution in [-0.2, 0) is 18.3 Å². The first kappa shape index (κ1) is 10.5. The monoisotopic (exact) mass is 230 g/mol. The van der Waals surface area contributed by atoms with Crippen molar-refractivity contribution in [1.29, 1.82) is 0 Å². The van der Waals surface area contributed by atoms with Crippen LogP contribution in [0.4, 0.5) is 4.39 Å². The highest BCUT2D eigenvalue weighted by molar-refractivity contribution is 5.40. The maximum Gasteiger partial charge on any atom is 0.123 e. The van der Waals surface area contributed by atoms with Crippen LogP contribution in [0, 0.1) is 5.82 Å². The van der Waals surface area contributed by atoms with E-state index < -0.39 is 0 Å². The molecule has 0 bridgehead atoms. The van der Waals surface area contributed by atoms with Crippen molar-refractivity contribution in [2.75, 3.05) is 0 Å². The summed E-state index contributed by atoms with van der Waals surface area (Å²) in [6, 6.07) is 5.13. The summed E-state index contributed by atoms with van der Waals surface area (Å²) >= 11 is 0. The van der Waals surface area contributed by atoms with E-state index in [1.54, 1.807) is 18.5 Å². The lowest BCUT2D eigenvalue weighted by molar-refractivity contribution is 0.423. The van der Waals surface area contributed by atoms with E-state index in [0.717, 1.165) is 30.5 Å². The van der Waals surface area contributed by atoms with Crippen molar-refractivity contribution in [3.05, 3.63) is 53.4 Å². The summed E-state index contributed by atoms with van der Waals surface area (Å²) < 4.78 is 13.2. The van der Waals surface area contributed by atoms with E-state index in [2.05, 4.69) is 16.9 Å². The van der Waals surface area contributed by atoms with Crippen LogP contribution in [0.2, 0.25) is 0 Å². The molecule has 1 aromatic carbocycles. The number of nitrogens with zero attached hydrogens (tertiary/aromatic N) is 1. The molecule has 0 radical (unpaired) electrons. The fourth-order valence-corrected chi connectivity index (χ4v) is 2.89. The maximum atomic E-state index is 13.2. The van der Waals surface area contributed by atoms with E-state index in [9.17, 15) is 4.39 Å². The highest BCUT2D eigenvalue weighted by Crippen LogP contribution is 2.41. The van der Waals surface area contributed by atoms with Gasteiger partial charge in [-0.15, -0.1) is 0 Å². The smallest absolute Gasteiger partial charge is 0.123 e. The Balaban J connectivity index is 2.03. The topological polar surface area (TPSA) is 28.7 Å². The Morgan fingerprint density at radius 3 is 2.88 bits per heavy atom. The van der Waals surface area contributed by atoms with Crippen LogP contribution in [0.15, 0.2) is 30.7 Å². The van der Waals surface area contributed by atoms with E-state index in [1.807, 2.05) is 12.3 Å². The molecule has 0 saturated carbocycles. The number of hydrogen-bond acceptors (Lipinski definition) is 1. The van der Waals surface area contributed by atoms with E-state index in [1.165, 1.54) is 5.56 Å². The fraction of sp³-hybridized carbons (Fsp3) is 0.357. The molecule has 2 aromatic rings. The lowest BCUT2D eigenvalue weighted by Crippen LogP contribution is -2.26. The van der Waals surface area contributed by atoms with Gasteiger partial charge in [0.1, 0.15) is 5.82 Å². The molecular weight excluding hydrogens is 215 g/mol. The molecule has 2 nitrogen and oxygen atoms in total. The number of hydrogen-bond donors (Lipinski definition) is 1. The number of halogens is 1. The van der Waals surface area contributed by atoms with Gasteiger partial charge in [0.2, 0.25) is 0 Å². The van der Waals surface area contributed by atoms with Crippen molar-refractivity contribution in [3.63, 3.8) is 0 Å². The predicted octanol–water partition coefficient (Wildman–Crippen LogP) is 3.00. The Morgan fingerprint density at radius 1 is 1.35 bits per heavy atom. The van der Waals surface area contributed by atoms with E-state index in [4.69, 9.17) is 0 Å². The van der Waals surface area contributed by atoms with Crippen molar-refractivity contribution in [2.24, 2.45) is 0 Å². The van der Waals surface area contributed by atoms with Crippen LogP contribution in [-0.4, -0.2) is 9.97 Å². The van der Waals surface area contributed by atoms with E-state index in [0.29, 0.717) is 0 Å². The lowest BCUT2D eigenvalue weighted by Gasteiger charge is -2.25. The summed E-state index contributed by atoms with van der Waals surface area (Å²) in [4.78, 5) is 7.42. The normalized spacial score (nSPS) is 22.7. The Hall–Kier alpha value is -1.64. The van der Waals surface area contributed by atoms with Gasteiger partial charge in [-0.05, 0) is 42.5 Å². The molecule has 3 heteroatoms. The molecular formula is C14H15FN2. The molecule has 0 spiro atoms. The van der Waals surface area contributed by atoms with Gasteiger partial charge in [-0.3, -0.25) is 0 Å². The van der Waals surface area contributed by atoms with Crippen LogP contribution >= 0.6 is 0 Å². The second-order valence-corrected chi connectivity index (χ2v) is 4.85. The molecule has 1 heterocycles. The quantitative estimate of drug-likeness (QED) is 0.844. The summed E-state index contributed by atoms with van der Waals surface area (Å²) in [5, 5.41) is 0. The second kappa shape index (κ2) is 3.69. The average molecular weight is 230 g/mol. The number of nitrogens with one attached hydrogen (secondary N) is 1. The van der Waals surface area contributed by atoms with Crippen molar-refractivity contribution in [3.8, 4) is 0 Å². The fourth-order valence-electron chi connectivity index (χ4n) is 2.89. The Bertz CT molecular complexity index is 533.